The molecule has 186 valence electrons. The van der Waals surface area contributed by atoms with Crippen LogP contribution in [0.3, 0.4) is 0 Å². The average molecular weight is 479 g/mol. The van der Waals surface area contributed by atoms with Crippen molar-refractivity contribution >= 4 is 18.1 Å². The van der Waals surface area contributed by atoms with E-state index in [4.69, 9.17) is 14.2 Å². The highest BCUT2D eigenvalue weighted by Gasteiger charge is 2.34. The van der Waals surface area contributed by atoms with E-state index in [9.17, 15) is 9.59 Å². The Hall–Kier alpha value is -3.48. The van der Waals surface area contributed by atoms with E-state index in [1.165, 1.54) is 11.1 Å². The van der Waals surface area contributed by atoms with Gasteiger partial charge in [0.05, 0.1) is 13.0 Å². The summed E-state index contributed by atoms with van der Waals surface area (Å²) in [6.45, 7) is 9.83. The lowest BCUT2D eigenvalue weighted by atomic mass is 10.00. The second kappa shape index (κ2) is 10.0. The van der Waals surface area contributed by atoms with Gasteiger partial charge in [-0.05, 0) is 86.7 Å². The average Bonchev–Trinajstić information content (AvgIpc) is 3.30. The van der Waals surface area contributed by atoms with E-state index in [0.717, 1.165) is 30.0 Å². The van der Waals surface area contributed by atoms with Crippen LogP contribution in [0.4, 0.5) is 4.79 Å². The predicted octanol–water partition coefficient (Wildman–Crippen LogP) is 5.15. The summed E-state index contributed by atoms with van der Waals surface area (Å²) in [6, 6.07) is 12.1. The number of carbonyl (C=O) groups is 2. The number of esters is 1. The van der Waals surface area contributed by atoms with E-state index < -0.39 is 5.60 Å². The Labute approximate surface area is 207 Å². The van der Waals surface area contributed by atoms with Crippen LogP contribution in [0.5, 0.6) is 11.5 Å². The van der Waals surface area contributed by atoms with Gasteiger partial charge in [0, 0.05) is 32.4 Å². The normalized spacial score (nSPS) is 17.2. The lowest BCUT2D eigenvalue weighted by Crippen LogP contribution is -2.36. The Morgan fingerprint density at radius 1 is 1.11 bits per heavy atom. The maximum Gasteiger partial charge on any atom is 0.410 e. The van der Waals surface area contributed by atoms with E-state index in [0.29, 0.717) is 25.3 Å². The number of nitrogens with zero attached hydrogens (tertiary/aromatic N) is 2. The molecule has 1 unspecified atom stereocenters. The second-order valence-corrected chi connectivity index (χ2v) is 10.2. The molecule has 4 rings (SSSR count). The Kier molecular flexibility index (Phi) is 7.05. The number of rotatable bonds is 5. The molecule has 1 atom stereocenters. The smallest absolute Gasteiger partial charge is 0.410 e. The largest absolute Gasteiger partial charge is 0.497 e. The van der Waals surface area contributed by atoms with Crippen molar-refractivity contribution in [3.63, 3.8) is 0 Å². The zero-order chi connectivity index (χ0) is 25.2. The zero-order valence-electron chi connectivity index (χ0n) is 21.2. The fourth-order valence-corrected chi connectivity index (χ4v) is 4.33. The van der Waals surface area contributed by atoms with Gasteiger partial charge in [-0.1, -0.05) is 12.1 Å². The number of hydrogen-bond acceptors (Lipinski definition) is 6. The summed E-state index contributed by atoms with van der Waals surface area (Å²) in [5.41, 5.74) is 3.80. The monoisotopic (exact) mass is 478 g/mol. The summed E-state index contributed by atoms with van der Waals surface area (Å²) in [4.78, 5) is 29.0. The minimum absolute atomic E-state index is 0.306. The Morgan fingerprint density at radius 2 is 1.86 bits per heavy atom. The number of fused-ring (bicyclic) bond motifs is 1. The summed E-state index contributed by atoms with van der Waals surface area (Å²) >= 11 is 0. The third kappa shape index (κ3) is 6.15. The van der Waals surface area contributed by atoms with Crippen molar-refractivity contribution < 1.29 is 23.8 Å². The zero-order valence-corrected chi connectivity index (χ0v) is 21.2. The summed E-state index contributed by atoms with van der Waals surface area (Å²) < 4.78 is 16.5. The van der Waals surface area contributed by atoms with E-state index in [1.54, 1.807) is 12.0 Å². The molecule has 1 saturated heterocycles. The van der Waals surface area contributed by atoms with Crippen LogP contribution in [0.25, 0.3) is 6.08 Å². The Balaban J connectivity index is 1.37. The second-order valence-electron chi connectivity index (χ2n) is 10.2. The standard InChI is InChI=1S/C28H34N2O5/c1-19-14-23-17-29(16-20-6-8-24(33-5)9-7-20)12-10-21(23)15-25(19)34-26(31)22-11-13-30(18-22)27(32)35-28(2,3)4/h6-10,12,14-15,22H,11,13,16-18H2,1-5H3. The van der Waals surface area contributed by atoms with Gasteiger partial charge in [-0.25, -0.2) is 4.79 Å². The van der Waals surface area contributed by atoms with Crippen LogP contribution in [0.2, 0.25) is 0 Å². The molecule has 2 aromatic rings. The topological polar surface area (TPSA) is 68.3 Å². The van der Waals surface area contributed by atoms with Crippen LogP contribution >= 0.6 is 0 Å². The number of benzene rings is 2. The first-order valence-electron chi connectivity index (χ1n) is 12.0. The van der Waals surface area contributed by atoms with Crippen molar-refractivity contribution in [3.05, 3.63) is 64.9 Å². The molecule has 7 heteroatoms. The minimum Gasteiger partial charge on any atom is -0.497 e. The van der Waals surface area contributed by atoms with Crippen LogP contribution in [0, 0.1) is 12.8 Å². The highest BCUT2D eigenvalue weighted by atomic mass is 16.6. The Morgan fingerprint density at radius 3 is 2.54 bits per heavy atom. The summed E-state index contributed by atoms with van der Waals surface area (Å²) in [5, 5.41) is 0. The number of hydrogen-bond donors (Lipinski definition) is 0. The molecule has 0 N–H and O–H groups in total. The summed E-state index contributed by atoms with van der Waals surface area (Å²) in [5.74, 6) is 0.757. The number of methoxy groups -OCH3 is 1. The van der Waals surface area contributed by atoms with Gasteiger partial charge in [0.1, 0.15) is 17.1 Å². The highest BCUT2D eigenvalue weighted by Crippen LogP contribution is 2.30. The number of carbonyl (C=O) groups excluding carboxylic acids is 2. The van der Waals surface area contributed by atoms with Crippen LogP contribution in [-0.4, -0.2) is 47.7 Å². The Bertz CT molecular complexity index is 1120. The molecule has 35 heavy (non-hydrogen) atoms. The lowest BCUT2D eigenvalue weighted by Gasteiger charge is -2.26. The molecule has 0 bridgehead atoms. The van der Waals surface area contributed by atoms with E-state index in [2.05, 4.69) is 35.4 Å². The molecule has 0 aromatic heterocycles. The third-order valence-corrected chi connectivity index (χ3v) is 6.20. The van der Waals surface area contributed by atoms with E-state index in [1.807, 2.05) is 45.9 Å². The molecular formula is C28H34N2O5. The SMILES string of the molecule is COc1ccc(CN2C=Cc3cc(OC(=O)C4CCN(C(=O)OC(C)(C)C)C4)c(C)cc3C2)cc1. The lowest BCUT2D eigenvalue weighted by molar-refractivity contribution is -0.138. The van der Waals surface area contributed by atoms with Crippen molar-refractivity contribution in [1.29, 1.82) is 0 Å². The van der Waals surface area contributed by atoms with Crippen LogP contribution < -0.4 is 9.47 Å². The molecule has 0 spiro atoms. The van der Waals surface area contributed by atoms with Crippen LogP contribution in [0.15, 0.2) is 42.6 Å². The molecule has 2 aliphatic rings. The highest BCUT2D eigenvalue weighted by molar-refractivity contribution is 5.78. The van der Waals surface area contributed by atoms with Crippen LogP contribution in [0.1, 0.15) is 49.4 Å². The van der Waals surface area contributed by atoms with Crippen molar-refractivity contribution in [2.45, 2.75) is 52.8 Å². The number of amides is 1. The fourth-order valence-electron chi connectivity index (χ4n) is 4.33. The van der Waals surface area contributed by atoms with Crippen LogP contribution in [-0.2, 0) is 22.6 Å². The van der Waals surface area contributed by atoms with Gasteiger partial charge in [-0.2, -0.15) is 0 Å². The van der Waals surface area contributed by atoms with Crippen molar-refractivity contribution in [2.75, 3.05) is 20.2 Å². The maximum absolute atomic E-state index is 12.9. The van der Waals surface area contributed by atoms with E-state index >= 15 is 0 Å². The van der Waals surface area contributed by atoms with Gasteiger partial charge >= 0.3 is 12.1 Å². The van der Waals surface area contributed by atoms with Gasteiger partial charge in [0.2, 0.25) is 0 Å². The third-order valence-electron chi connectivity index (χ3n) is 6.20. The van der Waals surface area contributed by atoms with Crippen molar-refractivity contribution in [1.82, 2.24) is 9.80 Å². The molecule has 0 radical (unpaired) electrons. The number of ether oxygens (including phenoxy) is 3. The first-order valence-corrected chi connectivity index (χ1v) is 12.0. The van der Waals surface area contributed by atoms with Crippen molar-refractivity contribution in [2.24, 2.45) is 5.92 Å². The van der Waals surface area contributed by atoms with Gasteiger partial charge in [0.15, 0.2) is 0 Å². The summed E-state index contributed by atoms with van der Waals surface area (Å²) in [7, 11) is 1.67. The molecule has 7 nitrogen and oxygen atoms in total. The molecule has 2 heterocycles. The van der Waals surface area contributed by atoms with Gasteiger partial charge in [-0.3, -0.25) is 4.79 Å². The summed E-state index contributed by atoms with van der Waals surface area (Å²) in [6.07, 6.45) is 4.31. The maximum atomic E-state index is 12.9. The van der Waals surface area contributed by atoms with Gasteiger partial charge in [0.25, 0.3) is 0 Å². The quantitative estimate of drug-likeness (QED) is 0.437. The van der Waals surface area contributed by atoms with E-state index in [-0.39, 0.29) is 18.0 Å². The molecule has 2 aliphatic heterocycles. The minimum atomic E-state index is -0.562. The molecule has 2 aromatic carbocycles. The number of likely N-dealkylation sites (tertiary alicyclic amines) is 1. The molecular weight excluding hydrogens is 444 g/mol. The fraction of sp³-hybridized carbons (Fsp3) is 0.429. The molecule has 0 saturated carbocycles. The first kappa shape index (κ1) is 24.6. The number of aryl methyl sites for hydroxylation is 1. The predicted molar refractivity (Wildman–Crippen MR) is 134 cm³/mol. The van der Waals surface area contributed by atoms with Crippen molar-refractivity contribution in [3.8, 4) is 11.5 Å². The van der Waals surface area contributed by atoms with Gasteiger partial charge in [-0.15, -0.1) is 0 Å². The van der Waals surface area contributed by atoms with Gasteiger partial charge < -0.3 is 24.0 Å². The molecule has 1 amide bonds. The molecule has 0 aliphatic carbocycles. The molecule has 1 fully saturated rings. The first-order chi connectivity index (χ1) is 16.6.